The van der Waals surface area contributed by atoms with Crippen LogP contribution < -0.4 is 0 Å². The van der Waals surface area contributed by atoms with E-state index in [1.54, 1.807) is 0 Å². The quantitative estimate of drug-likeness (QED) is 0.231. The zero-order chi connectivity index (χ0) is 16.6. The van der Waals surface area contributed by atoms with Crippen LogP contribution in [0.15, 0.2) is 5.16 Å². The van der Waals surface area contributed by atoms with Crippen LogP contribution in [0.2, 0.25) is 0 Å². The standard InChI is InChI=1S/C20H39NOS/c1-2-3-4-5-6-7-8-9-12-15-18-23-20-17-14-11-10-13-16-19(20)21-22/h20,22H,2-18H2,1H3/b21-19+. The number of thioether (sulfide) groups is 1. The van der Waals surface area contributed by atoms with E-state index in [-0.39, 0.29) is 0 Å². The zero-order valence-electron chi connectivity index (χ0n) is 15.4. The van der Waals surface area contributed by atoms with Crippen LogP contribution in [0.4, 0.5) is 0 Å². The largest absolute Gasteiger partial charge is 0.411 e. The molecule has 0 aromatic heterocycles. The summed E-state index contributed by atoms with van der Waals surface area (Å²) >= 11 is 2.04. The van der Waals surface area contributed by atoms with Crippen LogP contribution in [0.5, 0.6) is 0 Å². The van der Waals surface area contributed by atoms with Gasteiger partial charge in [0.05, 0.1) is 5.71 Å². The monoisotopic (exact) mass is 341 g/mol. The van der Waals surface area contributed by atoms with Crippen LogP contribution in [-0.2, 0) is 0 Å². The molecule has 0 heterocycles. The molecule has 0 radical (unpaired) electrons. The lowest BCUT2D eigenvalue weighted by Crippen LogP contribution is -2.19. The first-order valence-electron chi connectivity index (χ1n) is 10.2. The van der Waals surface area contributed by atoms with Crippen molar-refractivity contribution in [2.45, 2.75) is 115 Å². The summed E-state index contributed by atoms with van der Waals surface area (Å²) in [7, 11) is 0. The predicted molar refractivity (Wildman–Crippen MR) is 105 cm³/mol. The topological polar surface area (TPSA) is 32.6 Å². The summed E-state index contributed by atoms with van der Waals surface area (Å²) in [6.07, 6.45) is 21.4. The highest BCUT2D eigenvalue weighted by atomic mass is 32.2. The van der Waals surface area contributed by atoms with Crippen LogP contribution >= 0.6 is 11.8 Å². The minimum atomic E-state index is 0.485. The summed E-state index contributed by atoms with van der Waals surface area (Å²) in [5.41, 5.74) is 1.06. The van der Waals surface area contributed by atoms with Gasteiger partial charge in [0.15, 0.2) is 0 Å². The highest BCUT2D eigenvalue weighted by Crippen LogP contribution is 2.26. The molecule has 2 nitrogen and oxygen atoms in total. The van der Waals surface area contributed by atoms with Gasteiger partial charge in [0, 0.05) is 5.25 Å². The van der Waals surface area contributed by atoms with Crippen molar-refractivity contribution >= 4 is 17.5 Å². The maximum atomic E-state index is 9.23. The molecule has 1 rings (SSSR count). The van der Waals surface area contributed by atoms with Gasteiger partial charge in [-0.2, -0.15) is 11.8 Å². The fraction of sp³-hybridized carbons (Fsp3) is 0.950. The van der Waals surface area contributed by atoms with Crippen LogP contribution in [0, 0.1) is 0 Å². The smallest absolute Gasteiger partial charge is 0.0700 e. The van der Waals surface area contributed by atoms with Gasteiger partial charge in [-0.1, -0.05) is 89.1 Å². The van der Waals surface area contributed by atoms with Crippen molar-refractivity contribution in [3.63, 3.8) is 0 Å². The van der Waals surface area contributed by atoms with Crippen molar-refractivity contribution in [2.24, 2.45) is 5.16 Å². The molecule has 0 spiro atoms. The molecule has 1 aliphatic rings. The molecular weight excluding hydrogens is 302 g/mol. The lowest BCUT2D eigenvalue weighted by molar-refractivity contribution is 0.315. The van der Waals surface area contributed by atoms with Gasteiger partial charge >= 0.3 is 0 Å². The van der Waals surface area contributed by atoms with Crippen molar-refractivity contribution in [1.82, 2.24) is 0 Å². The first kappa shape index (κ1) is 20.9. The Labute approximate surface area is 148 Å². The summed E-state index contributed by atoms with van der Waals surface area (Å²) in [6.45, 7) is 2.28. The number of oxime groups is 1. The Hall–Kier alpha value is -0.180. The molecule has 1 N–H and O–H groups in total. The molecule has 1 unspecified atom stereocenters. The number of rotatable bonds is 12. The Morgan fingerprint density at radius 2 is 1.48 bits per heavy atom. The Morgan fingerprint density at radius 1 is 0.870 bits per heavy atom. The molecule has 23 heavy (non-hydrogen) atoms. The van der Waals surface area contributed by atoms with Gasteiger partial charge in [0.2, 0.25) is 0 Å². The van der Waals surface area contributed by atoms with E-state index in [9.17, 15) is 5.21 Å². The van der Waals surface area contributed by atoms with Crippen molar-refractivity contribution in [1.29, 1.82) is 0 Å². The Balaban J connectivity index is 1.96. The van der Waals surface area contributed by atoms with Crippen molar-refractivity contribution < 1.29 is 5.21 Å². The van der Waals surface area contributed by atoms with E-state index in [2.05, 4.69) is 12.1 Å². The fourth-order valence-electron chi connectivity index (χ4n) is 3.43. The Bertz CT molecular complexity index is 293. The SMILES string of the molecule is CCCCCCCCCCCCSC1CCCCCC/C1=N\O. The molecule has 0 aromatic carbocycles. The Morgan fingerprint density at radius 3 is 2.13 bits per heavy atom. The highest BCUT2D eigenvalue weighted by Gasteiger charge is 2.18. The summed E-state index contributed by atoms with van der Waals surface area (Å²) in [5.74, 6) is 1.24. The van der Waals surface area contributed by atoms with Gasteiger partial charge in [-0.15, -0.1) is 0 Å². The lowest BCUT2D eigenvalue weighted by Gasteiger charge is -2.20. The van der Waals surface area contributed by atoms with Crippen LogP contribution in [0.3, 0.4) is 0 Å². The third kappa shape index (κ3) is 11.1. The molecule has 136 valence electrons. The molecule has 0 amide bonds. The molecular formula is C20H39NOS. The van der Waals surface area contributed by atoms with Crippen LogP contribution in [0.25, 0.3) is 0 Å². The molecule has 1 atom stereocenters. The molecule has 0 aromatic rings. The van der Waals surface area contributed by atoms with Crippen molar-refractivity contribution in [3.8, 4) is 0 Å². The van der Waals surface area contributed by atoms with Gasteiger partial charge in [0.1, 0.15) is 0 Å². The van der Waals surface area contributed by atoms with Gasteiger partial charge in [0.25, 0.3) is 0 Å². The lowest BCUT2D eigenvalue weighted by atomic mass is 9.99. The molecule has 1 fully saturated rings. The third-order valence-electron chi connectivity index (χ3n) is 4.97. The van der Waals surface area contributed by atoms with Gasteiger partial charge < -0.3 is 5.21 Å². The molecule has 0 saturated heterocycles. The minimum absolute atomic E-state index is 0.485. The maximum Gasteiger partial charge on any atom is 0.0700 e. The second-order valence-electron chi connectivity index (χ2n) is 7.09. The van der Waals surface area contributed by atoms with Gasteiger partial charge in [-0.05, 0) is 31.4 Å². The number of unbranched alkanes of at least 4 members (excludes halogenated alkanes) is 9. The average molecular weight is 342 g/mol. The van der Waals surface area contributed by atoms with Crippen LogP contribution in [-0.4, -0.2) is 21.9 Å². The first-order valence-corrected chi connectivity index (χ1v) is 11.3. The summed E-state index contributed by atoms with van der Waals surface area (Å²) in [5, 5.41) is 13.3. The normalized spacial score (nSPS) is 21.3. The van der Waals surface area contributed by atoms with E-state index in [1.807, 2.05) is 11.8 Å². The van der Waals surface area contributed by atoms with E-state index < -0.39 is 0 Å². The van der Waals surface area contributed by atoms with E-state index in [4.69, 9.17) is 0 Å². The molecule has 1 aliphatic carbocycles. The predicted octanol–water partition coefficient (Wildman–Crippen LogP) is 7.19. The molecule has 0 aliphatic heterocycles. The van der Waals surface area contributed by atoms with E-state index in [1.165, 1.54) is 102 Å². The fourth-order valence-corrected chi connectivity index (χ4v) is 4.77. The summed E-state index contributed by atoms with van der Waals surface area (Å²) in [4.78, 5) is 0. The third-order valence-corrected chi connectivity index (χ3v) is 6.40. The zero-order valence-corrected chi connectivity index (χ0v) is 16.2. The second-order valence-corrected chi connectivity index (χ2v) is 8.40. The van der Waals surface area contributed by atoms with Crippen LogP contribution in [0.1, 0.15) is 110 Å². The first-order chi connectivity index (χ1) is 11.4. The van der Waals surface area contributed by atoms with E-state index in [0.717, 1.165) is 12.1 Å². The average Bonchev–Trinajstić information content (AvgIpc) is 2.54. The second kappa shape index (κ2) is 15.4. The molecule has 0 bridgehead atoms. The van der Waals surface area contributed by atoms with Gasteiger partial charge in [-0.25, -0.2) is 0 Å². The molecule has 1 saturated carbocycles. The van der Waals surface area contributed by atoms with E-state index in [0.29, 0.717) is 5.25 Å². The van der Waals surface area contributed by atoms with Gasteiger partial charge in [-0.3, -0.25) is 0 Å². The number of hydrogen-bond acceptors (Lipinski definition) is 3. The van der Waals surface area contributed by atoms with Crippen molar-refractivity contribution in [3.05, 3.63) is 0 Å². The summed E-state index contributed by atoms with van der Waals surface area (Å²) < 4.78 is 0. The highest BCUT2D eigenvalue weighted by molar-refractivity contribution is 8.00. The maximum absolute atomic E-state index is 9.23. The summed E-state index contributed by atoms with van der Waals surface area (Å²) in [6, 6.07) is 0. The van der Waals surface area contributed by atoms with E-state index >= 15 is 0 Å². The minimum Gasteiger partial charge on any atom is -0.411 e. The van der Waals surface area contributed by atoms with Crippen molar-refractivity contribution in [2.75, 3.05) is 5.75 Å². The number of nitrogens with zero attached hydrogens (tertiary/aromatic N) is 1. The Kier molecular flexibility index (Phi) is 13.9. The number of hydrogen-bond donors (Lipinski definition) is 1. The molecule has 3 heteroatoms.